The van der Waals surface area contributed by atoms with Gasteiger partial charge in [-0.3, -0.25) is 0 Å². The quantitative estimate of drug-likeness (QED) is 0.540. The molecule has 1 heterocycles. The molecule has 15 heteroatoms. The lowest BCUT2D eigenvalue weighted by Gasteiger charge is -2.22. The molecule has 0 aromatic carbocycles. The summed E-state index contributed by atoms with van der Waals surface area (Å²) in [5.74, 6) is 0. The van der Waals surface area contributed by atoms with E-state index in [4.69, 9.17) is 5.26 Å². The van der Waals surface area contributed by atoms with Gasteiger partial charge in [0.15, 0.2) is 32.4 Å². The van der Waals surface area contributed by atoms with Crippen LogP contribution in [0, 0.1) is 11.3 Å². The first kappa shape index (κ1) is 24.1. The SMILES string of the molecule is CCc1cc[n+](CC#N)cc1.O=S(=O)([N-]S(=O)(=O)C(F)(F)F)C(F)(F)F. The van der Waals surface area contributed by atoms with Crippen LogP contribution < -0.4 is 4.57 Å². The first-order valence-electron chi connectivity index (χ1n) is 6.29. The van der Waals surface area contributed by atoms with Gasteiger partial charge in [0.1, 0.15) is 6.07 Å². The van der Waals surface area contributed by atoms with Gasteiger partial charge in [-0.2, -0.15) is 36.2 Å². The summed E-state index contributed by atoms with van der Waals surface area (Å²) in [5.41, 5.74) is -11.1. The minimum Gasteiger partial charge on any atom is -0.421 e. The van der Waals surface area contributed by atoms with Crippen LogP contribution in [0.2, 0.25) is 0 Å². The normalized spacial score (nSPS) is 12.7. The minimum atomic E-state index is -6.72. The lowest BCUT2D eigenvalue weighted by molar-refractivity contribution is -0.685. The van der Waals surface area contributed by atoms with E-state index in [0.717, 1.165) is 10.5 Å². The molecule has 0 amide bonds. The Labute approximate surface area is 145 Å². The Hall–Kier alpha value is -1.92. The number of nitriles is 1. The van der Waals surface area contributed by atoms with E-state index in [1.165, 1.54) is 5.56 Å². The topological polar surface area (TPSA) is 110 Å². The summed E-state index contributed by atoms with van der Waals surface area (Å²) in [6.07, 6.45) is 4.91. The Bertz CT molecular complexity index is 798. The van der Waals surface area contributed by atoms with Crippen molar-refractivity contribution in [3.05, 3.63) is 34.2 Å². The second-order valence-corrected chi connectivity index (χ2v) is 7.73. The zero-order chi connectivity index (χ0) is 20.8. The van der Waals surface area contributed by atoms with Gasteiger partial charge >= 0.3 is 11.0 Å². The summed E-state index contributed by atoms with van der Waals surface area (Å²) in [7, 11) is -13.4. The standard InChI is InChI=1S/C9H11N2.C2F6NO4S2/c1-2-9-3-6-11(7-4-9)8-5-10;3-1(4,5)14(10,11)9-15(12,13)2(6,7)8/h3-4,6-7H,2,8H2,1H3;/q+1;-1. The van der Waals surface area contributed by atoms with Crippen LogP contribution in [0.3, 0.4) is 0 Å². The fourth-order valence-electron chi connectivity index (χ4n) is 1.12. The lowest BCUT2D eigenvalue weighted by Crippen LogP contribution is -2.31. The van der Waals surface area contributed by atoms with E-state index in [0.29, 0.717) is 6.54 Å². The Morgan fingerprint density at radius 3 is 1.65 bits per heavy atom. The van der Waals surface area contributed by atoms with Gasteiger partial charge in [-0.15, -0.1) is 0 Å². The molecule has 1 aromatic rings. The van der Waals surface area contributed by atoms with Crippen LogP contribution >= 0.6 is 0 Å². The number of aromatic nitrogens is 1. The third-order valence-corrected chi connectivity index (χ3v) is 5.14. The highest BCUT2D eigenvalue weighted by Crippen LogP contribution is 2.36. The molecule has 0 fully saturated rings. The van der Waals surface area contributed by atoms with Crippen LogP contribution in [0.15, 0.2) is 24.5 Å². The first-order chi connectivity index (χ1) is 11.6. The number of hydrogen-bond acceptors (Lipinski definition) is 5. The van der Waals surface area contributed by atoms with Crippen molar-refractivity contribution in [2.75, 3.05) is 0 Å². The first-order valence-corrected chi connectivity index (χ1v) is 9.17. The number of alkyl halides is 6. The van der Waals surface area contributed by atoms with Crippen molar-refractivity contribution in [2.24, 2.45) is 0 Å². The van der Waals surface area contributed by atoms with Gasteiger partial charge in [0, 0.05) is 12.1 Å². The average molecular weight is 427 g/mol. The number of halogens is 6. The van der Waals surface area contributed by atoms with Gasteiger partial charge in [0.2, 0.25) is 6.54 Å². The molecule has 0 spiro atoms. The highest BCUT2D eigenvalue weighted by Gasteiger charge is 2.46. The van der Waals surface area contributed by atoms with Gasteiger partial charge in [0.25, 0.3) is 0 Å². The molecule has 7 nitrogen and oxygen atoms in total. The summed E-state index contributed by atoms with van der Waals surface area (Å²) in [6.45, 7) is 2.55. The molecular weight excluding hydrogens is 416 g/mol. The van der Waals surface area contributed by atoms with Crippen LogP contribution in [0.5, 0.6) is 0 Å². The predicted molar refractivity (Wildman–Crippen MR) is 74.9 cm³/mol. The number of sulfonamides is 2. The number of rotatable bonds is 4. The Morgan fingerprint density at radius 2 is 1.38 bits per heavy atom. The zero-order valence-corrected chi connectivity index (χ0v) is 14.4. The molecule has 148 valence electrons. The van der Waals surface area contributed by atoms with Crippen molar-refractivity contribution in [3.8, 4) is 6.07 Å². The van der Waals surface area contributed by atoms with E-state index < -0.39 is 31.1 Å². The molecule has 1 rings (SSSR count). The molecule has 0 N–H and O–H groups in total. The van der Waals surface area contributed by atoms with E-state index in [1.807, 2.05) is 29.1 Å². The van der Waals surface area contributed by atoms with Crippen molar-refractivity contribution < 1.29 is 47.7 Å². The van der Waals surface area contributed by atoms with Crippen molar-refractivity contribution in [1.29, 1.82) is 5.26 Å². The monoisotopic (exact) mass is 427 g/mol. The third-order valence-electron chi connectivity index (χ3n) is 2.40. The highest BCUT2D eigenvalue weighted by molar-refractivity contribution is 8.13. The minimum absolute atomic E-state index is 0.435. The fourth-order valence-corrected chi connectivity index (χ4v) is 2.83. The predicted octanol–water partition coefficient (Wildman–Crippen LogP) is 2.12. The third kappa shape index (κ3) is 7.14. The largest absolute Gasteiger partial charge is 0.480 e. The molecule has 0 aliphatic carbocycles. The fraction of sp³-hybridized carbons (Fsp3) is 0.455. The second-order valence-electron chi connectivity index (χ2n) is 4.31. The van der Waals surface area contributed by atoms with Crippen molar-refractivity contribution in [3.63, 3.8) is 0 Å². The molecule has 0 saturated heterocycles. The highest BCUT2D eigenvalue weighted by atomic mass is 32.3. The second kappa shape index (κ2) is 8.64. The van der Waals surface area contributed by atoms with Gasteiger partial charge in [0.05, 0.1) is 0 Å². The maximum atomic E-state index is 11.4. The number of nitrogens with zero attached hydrogens (tertiary/aromatic N) is 3. The number of pyridine rings is 1. The van der Waals surface area contributed by atoms with Crippen molar-refractivity contribution in [1.82, 2.24) is 0 Å². The molecule has 0 aliphatic rings. The van der Waals surface area contributed by atoms with Crippen LogP contribution in [0.25, 0.3) is 4.13 Å². The Kier molecular flexibility index (Phi) is 8.01. The summed E-state index contributed by atoms with van der Waals surface area (Å²) in [5, 5.41) is 8.38. The van der Waals surface area contributed by atoms with Crippen LogP contribution in [-0.4, -0.2) is 27.9 Å². The molecule has 0 atom stereocenters. The average Bonchev–Trinajstić information content (AvgIpc) is 2.45. The van der Waals surface area contributed by atoms with Crippen LogP contribution in [0.4, 0.5) is 26.3 Å². The van der Waals surface area contributed by atoms with Gasteiger partial charge in [-0.05, 0) is 12.0 Å². The van der Waals surface area contributed by atoms with E-state index in [1.54, 1.807) is 0 Å². The lowest BCUT2D eigenvalue weighted by atomic mass is 10.2. The van der Waals surface area contributed by atoms with Crippen molar-refractivity contribution >= 4 is 20.0 Å². The summed E-state index contributed by atoms with van der Waals surface area (Å²) >= 11 is 0. The van der Waals surface area contributed by atoms with E-state index in [2.05, 4.69) is 13.0 Å². The summed E-state index contributed by atoms with van der Waals surface area (Å²) in [6, 6.07) is 6.16. The number of aryl methyl sites for hydroxylation is 1. The Balaban J connectivity index is 0.000000502. The Morgan fingerprint density at radius 1 is 1.00 bits per heavy atom. The summed E-state index contributed by atoms with van der Waals surface area (Å²) < 4.78 is 111. The van der Waals surface area contributed by atoms with E-state index in [9.17, 15) is 43.2 Å². The van der Waals surface area contributed by atoms with E-state index in [-0.39, 0.29) is 0 Å². The maximum Gasteiger partial charge on any atom is 0.480 e. The van der Waals surface area contributed by atoms with Crippen molar-refractivity contribution in [2.45, 2.75) is 30.9 Å². The molecule has 0 unspecified atom stereocenters. The van der Waals surface area contributed by atoms with Gasteiger partial charge < -0.3 is 4.13 Å². The zero-order valence-electron chi connectivity index (χ0n) is 12.8. The number of hydrogen-bond donors (Lipinski definition) is 0. The van der Waals surface area contributed by atoms with Crippen LogP contribution in [0.1, 0.15) is 12.5 Å². The van der Waals surface area contributed by atoms with Crippen LogP contribution in [-0.2, 0) is 33.0 Å². The van der Waals surface area contributed by atoms with E-state index >= 15 is 0 Å². The smallest absolute Gasteiger partial charge is 0.421 e. The molecule has 1 aromatic heterocycles. The molecule has 0 saturated carbocycles. The van der Waals surface area contributed by atoms with Gasteiger partial charge in [-0.25, -0.2) is 16.8 Å². The molecule has 0 radical (unpaired) electrons. The molecule has 0 aliphatic heterocycles. The maximum absolute atomic E-state index is 11.4. The molecular formula is C11H11F6N3O4S2. The van der Waals surface area contributed by atoms with Gasteiger partial charge in [-0.1, -0.05) is 6.92 Å². The molecule has 0 bridgehead atoms. The molecule has 26 heavy (non-hydrogen) atoms. The summed E-state index contributed by atoms with van der Waals surface area (Å²) in [4.78, 5) is 0.